The maximum absolute atomic E-state index is 13.4. The Morgan fingerprint density at radius 2 is 1.81 bits per heavy atom. The van der Waals surface area contributed by atoms with Crippen molar-refractivity contribution in [2.45, 2.75) is 56.0 Å². The average Bonchev–Trinajstić information content (AvgIpc) is 2.74. The first-order valence-electron chi connectivity index (χ1n) is 10.2. The standard InChI is InChI=1S/C23H22F3N3O2/c24-23(25,26)18-8-16-7-15-5-6-20(30)22(31,10-13-1-3-14(11-27)4-2-13)21(15)29-19(16)9-17(18)12-28/h1-4,9,15,18,20-21,29-31H,5-8,10H2/t15?,18?,20?,21?,22-/m1/s1. The van der Waals surface area contributed by atoms with Crippen LogP contribution in [0.4, 0.5) is 13.2 Å². The SMILES string of the molecule is N#CC1=CC2=C(CC3CCC(O)[C@](O)(Cc4ccc(C#N)cc4)C3N2)CC1C(F)(F)F. The predicted octanol–water partition coefficient (Wildman–Crippen LogP) is 3.25. The van der Waals surface area contributed by atoms with Crippen molar-refractivity contribution in [3.05, 3.63) is 58.3 Å². The van der Waals surface area contributed by atoms with Gasteiger partial charge in [0.25, 0.3) is 0 Å². The summed E-state index contributed by atoms with van der Waals surface area (Å²) in [5.41, 5.74) is 0.419. The van der Waals surface area contributed by atoms with Gasteiger partial charge in [0.1, 0.15) is 5.60 Å². The van der Waals surface area contributed by atoms with E-state index in [9.17, 15) is 28.6 Å². The van der Waals surface area contributed by atoms with Gasteiger partial charge in [-0.1, -0.05) is 12.1 Å². The smallest absolute Gasteiger partial charge is 0.390 e. The summed E-state index contributed by atoms with van der Waals surface area (Å²) in [6, 6.07) is 9.87. The summed E-state index contributed by atoms with van der Waals surface area (Å²) >= 11 is 0. The highest BCUT2D eigenvalue weighted by molar-refractivity contribution is 5.44. The van der Waals surface area contributed by atoms with Gasteiger partial charge in [-0.3, -0.25) is 0 Å². The second kappa shape index (κ2) is 7.71. The zero-order valence-corrected chi connectivity index (χ0v) is 16.7. The van der Waals surface area contributed by atoms with Crippen LogP contribution >= 0.6 is 0 Å². The molecule has 4 rings (SSSR count). The van der Waals surface area contributed by atoms with Crippen LogP contribution in [0.5, 0.6) is 0 Å². The van der Waals surface area contributed by atoms with E-state index in [2.05, 4.69) is 5.32 Å². The number of halogens is 3. The molecule has 2 aliphatic carbocycles. The predicted molar refractivity (Wildman–Crippen MR) is 105 cm³/mol. The van der Waals surface area contributed by atoms with E-state index in [1.165, 1.54) is 6.08 Å². The van der Waals surface area contributed by atoms with Gasteiger partial charge in [-0.25, -0.2) is 0 Å². The third-order valence-electron chi connectivity index (χ3n) is 6.82. The van der Waals surface area contributed by atoms with Crippen LogP contribution < -0.4 is 5.32 Å². The molecule has 1 saturated carbocycles. The Labute approximate surface area is 178 Å². The van der Waals surface area contributed by atoms with E-state index in [-0.39, 0.29) is 24.3 Å². The number of benzene rings is 1. The summed E-state index contributed by atoms with van der Waals surface area (Å²) in [6.07, 6.45) is -3.06. The molecule has 3 N–H and O–H groups in total. The van der Waals surface area contributed by atoms with Gasteiger partial charge in [0, 0.05) is 17.7 Å². The summed E-state index contributed by atoms with van der Waals surface area (Å²) in [7, 11) is 0. The highest BCUT2D eigenvalue weighted by atomic mass is 19.4. The second-order valence-electron chi connectivity index (χ2n) is 8.68. The third kappa shape index (κ3) is 3.82. The number of nitrogens with one attached hydrogen (secondary N) is 1. The molecule has 0 amide bonds. The Hall–Kier alpha value is -2.81. The minimum atomic E-state index is -4.49. The van der Waals surface area contributed by atoms with Gasteiger partial charge in [-0.05, 0) is 60.9 Å². The monoisotopic (exact) mass is 429 g/mol. The zero-order chi connectivity index (χ0) is 22.4. The minimum absolute atomic E-state index is 0.128. The fourth-order valence-electron chi connectivity index (χ4n) is 5.17. The first-order chi connectivity index (χ1) is 14.7. The number of nitriles is 2. The van der Waals surface area contributed by atoms with Crippen LogP contribution in [0.15, 0.2) is 47.2 Å². The number of hydrogen-bond donors (Lipinski definition) is 3. The van der Waals surface area contributed by atoms with Crippen LogP contribution in [0.25, 0.3) is 0 Å². The molecular formula is C23H22F3N3O2. The van der Waals surface area contributed by atoms with Crippen LogP contribution in [0, 0.1) is 34.5 Å². The van der Waals surface area contributed by atoms with E-state index in [0.717, 1.165) is 5.56 Å². The molecule has 0 bridgehead atoms. The van der Waals surface area contributed by atoms with Crippen molar-refractivity contribution in [3.63, 3.8) is 0 Å². The molecule has 1 fully saturated rings. The molecule has 1 heterocycles. The van der Waals surface area contributed by atoms with Crippen molar-refractivity contribution < 1.29 is 23.4 Å². The topological polar surface area (TPSA) is 100 Å². The van der Waals surface area contributed by atoms with Crippen molar-refractivity contribution in [2.24, 2.45) is 11.8 Å². The van der Waals surface area contributed by atoms with Crippen LogP contribution in [0.2, 0.25) is 0 Å². The number of fused-ring (bicyclic) bond motifs is 1. The lowest BCUT2D eigenvalue weighted by atomic mass is 9.65. The molecule has 1 aliphatic heterocycles. The summed E-state index contributed by atoms with van der Waals surface area (Å²) in [4.78, 5) is 0. The number of aliphatic hydroxyl groups excluding tert-OH is 1. The number of alkyl halides is 3. The second-order valence-corrected chi connectivity index (χ2v) is 8.68. The number of rotatable bonds is 2. The maximum atomic E-state index is 13.4. The van der Waals surface area contributed by atoms with Gasteiger partial charge < -0.3 is 15.5 Å². The van der Waals surface area contributed by atoms with E-state index >= 15 is 0 Å². The Kier molecular flexibility index (Phi) is 5.33. The molecule has 162 valence electrons. The summed E-state index contributed by atoms with van der Waals surface area (Å²) < 4.78 is 40.2. The molecule has 1 aromatic rings. The fraction of sp³-hybridized carbons (Fsp3) is 0.478. The third-order valence-corrected chi connectivity index (χ3v) is 6.82. The quantitative estimate of drug-likeness (QED) is 0.670. The normalized spacial score (nSPS) is 32.7. The van der Waals surface area contributed by atoms with Gasteiger partial charge in [0.2, 0.25) is 0 Å². The van der Waals surface area contributed by atoms with Crippen LogP contribution in [0.3, 0.4) is 0 Å². The number of allylic oxidation sites excluding steroid dienone is 3. The molecule has 31 heavy (non-hydrogen) atoms. The highest BCUT2D eigenvalue weighted by Crippen LogP contribution is 2.47. The number of hydrogen-bond acceptors (Lipinski definition) is 5. The molecule has 0 aromatic heterocycles. The van der Waals surface area contributed by atoms with Gasteiger partial charge in [-0.2, -0.15) is 23.7 Å². The number of aliphatic hydroxyl groups is 2. The van der Waals surface area contributed by atoms with Crippen LogP contribution in [-0.4, -0.2) is 34.1 Å². The van der Waals surface area contributed by atoms with Gasteiger partial charge in [0.05, 0.1) is 35.8 Å². The number of nitrogens with zero attached hydrogens (tertiary/aromatic N) is 2. The van der Waals surface area contributed by atoms with Crippen molar-refractivity contribution in [1.29, 1.82) is 10.5 Å². The average molecular weight is 429 g/mol. The first-order valence-corrected chi connectivity index (χ1v) is 10.2. The summed E-state index contributed by atoms with van der Waals surface area (Å²) in [5.74, 6) is -1.93. The molecule has 0 saturated heterocycles. The molecular weight excluding hydrogens is 407 g/mol. The van der Waals surface area contributed by atoms with E-state index in [1.54, 1.807) is 30.3 Å². The van der Waals surface area contributed by atoms with Gasteiger partial charge in [-0.15, -0.1) is 0 Å². The van der Waals surface area contributed by atoms with Crippen molar-refractivity contribution in [1.82, 2.24) is 5.32 Å². The van der Waals surface area contributed by atoms with E-state index in [0.29, 0.717) is 36.1 Å². The Balaban J connectivity index is 1.64. The zero-order valence-electron chi connectivity index (χ0n) is 16.7. The molecule has 5 nitrogen and oxygen atoms in total. The summed E-state index contributed by atoms with van der Waals surface area (Å²) in [6.45, 7) is 0. The van der Waals surface area contributed by atoms with E-state index < -0.39 is 29.8 Å². The van der Waals surface area contributed by atoms with Gasteiger partial charge >= 0.3 is 6.18 Å². The molecule has 8 heteroatoms. The largest absolute Gasteiger partial charge is 0.396 e. The highest BCUT2D eigenvalue weighted by Gasteiger charge is 2.53. The van der Waals surface area contributed by atoms with Crippen molar-refractivity contribution >= 4 is 0 Å². The first kappa shape index (κ1) is 21.4. The maximum Gasteiger partial charge on any atom is 0.396 e. The van der Waals surface area contributed by atoms with Crippen molar-refractivity contribution in [2.75, 3.05) is 0 Å². The molecule has 3 aliphatic rings. The van der Waals surface area contributed by atoms with E-state index in [1.807, 2.05) is 6.07 Å². The van der Waals surface area contributed by atoms with E-state index in [4.69, 9.17) is 5.26 Å². The Morgan fingerprint density at radius 3 is 2.42 bits per heavy atom. The van der Waals surface area contributed by atoms with Crippen LogP contribution in [0.1, 0.15) is 36.8 Å². The van der Waals surface area contributed by atoms with Crippen LogP contribution in [-0.2, 0) is 6.42 Å². The lowest BCUT2D eigenvalue weighted by Gasteiger charge is -2.51. The molecule has 0 spiro atoms. The molecule has 0 radical (unpaired) electrons. The Bertz CT molecular complexity index is 1020. The lowest BCUT2D eigenvalue weighted by Crippen LogP contribution is -2.65. The molecule has 5 atom stereocenters. The Morgan fingerprint density at radius 1 is 1.10 bits per heavy atom. The molecule has 4 unspecified atom stereocenters. The van der Waals surface area contributed by atoms with Gasteiger partial charge in [0.15, 0.2) is 0 Å². The fourth-order valence-corrected chi connectivity index (χ4v) is 5.17. The lowest BCUT2D eigenvalue weighted by molar-refractivity contribution is -0.164. The molecule has 1 aromatic carbocycles. The minimum Gasteiger partial charge on any atom is -0.390 e. The van der Waals surface area contributed by atoms with Crippen molar-refractivity contribution in [3.8, 4) is 12.1 Å². The summed E-state index contributed by atoms with van der Waals surface area (Å²) in [5, 5.41) is 43.6.